The summed E-state index contributed by atoms with van der Waals surface area (Å²) in [5.41, 5.74) is 0.116. The second kappa shape index (κ2) is 6.73. The van der Waals surface area contributed by atoms with Gasteiger partial charge in [-0.1, -0.05) is 0 Å². The number of carbonyl (C=O) groups excluding carboxylic acids is 1. The number of carbonyl (C=O) groups is 1. The molecular formula is C16H18F3N5O. The Hall–Kier alpha value is -2.58. The topological polar surface area (TPSA) is 71.8 Å². The molecule has 25 heavy (non-hydrogen) atoms. The molecule has 2 N–H and O–H groups in total. The standard InChI is InChI=1S/C16H18F3N5O/c1-10-4-5-20-13(6-10)23-15(25)21-7-11-2-3-14-22-12(16(17,18)19)9-24(14)8-11/h4-6,9,11H,2-3,7-8H2,1H3,(H2,20,21,23,25)/t11-/m0/s1. The van der Waals surface area contributed by atoms with Crippen LogP contribution in [0.2, 0.25) is 0 Å². The molecule has 0 spiro atoms. The second-order valence-corrected chi connectivity index (χ2v) is 6.15. The van der Waals surface area contributed by atoms with E-state index < -0.39 is 11.9 Å². The number of nitrogens with zero attached hydrogens (tertiary/aromatic N) is 3. The highest BCUT2D eigenvalue weighted by Crippen LogP contribution is 2.30. The number of anilines is 1. The number of imidazole rings is 1. The molecule has 2 aromatic rings. The predicted molar refractivity (Wildman–Crippen MR) is 85.0 cm³/mol. The Kier molecular flexibility index (Phi) is 4.65. The van der Waals surface area contributed by atoms with Gasteiger partial charge in [0, 0.05) is 31.9 Å². The van der Waals surface area contributed by atoms with Gasteiger partial charge >= 0.3 is 12.2 Å². The van der Waals surface area contributed by atoms with Crippen LogP contribution in [0, 0.1) is 12.8 Å². The van der Waals surface area contributed by atoms with Gasteiger partial charge in [-0.05, 0) is 37.0 Å². The van der Waals surface area contributed by atoms with Gasteiger partial charge in [-0.25, -0.2) is 14.8 Å². The number of nitrogens with one attached hydrogen (secondary N) is 2. The molecule has 1 aliphatic heterocycles. The number of hydrogen-bond acceptors (Lipinski definition) is 3. The molecule has 6 nitrogen and oxygen atoms in total. The molecule has 0 fully saturated rings. The van der Waals surface area contributed by atoms with Gasteiger partial charge < -0.3 is 9.88 Å². The fraction of sp³-hybridized carbons (Fsp3) is 0.438. The number of amides is 2. The summed E-state index contributed by atoms with van der Waals surface area (Å²) in [4.78, 5) is 19.6. The van der Waals surface area contributed by atoms with Crippen molar-refractivity contribution in [3.8, 4) is 0 Å². The zero-order valence-corrected chi connectivity index (χ0v) is 13.6. The molecule has 0 aromatic carbocycles. The monoisotopic (exact) mass is 353 g/mol. The molecule has 0 aliphatic carbocycles. The van der Waals surface area contributed by atoms with Crippen molar-refractivity contribution in [3.05, 3.63) is 41.6 Å². The first-order valence-corrected chi connectivity index (χ1v) is 7.92. The number of halogens is 3. The molecule has 134 valence electrons. The van der Waals surface area contributed by atoms with Gasteiger partial charge in [-0.3, -0.25) is 5.32 Å². The van der Waals surface area contributed by atoms with Crippen LogP contribution in [0.1, 0.15) is 23.5 Å². The van der Waals surface area contributed by atoms with Gasteiger partial charge in [0.25, 0.3) is 0 Å². The predicted octanol–water partition coefficient (Wildman–Crippen LogP) is 2.99. The van der Waals surface area contributed by atoms with Crippen LogP contribution in [0.4, 0.5) is 23.8 Å². The summed E-state index contributed by atoms with van der Waals surface area (Å²) in [5.74, 6) is 0.948. The number of aromatic nitrogens is 3. The molecular weight excluding hydrogens is 335 g/mol. The fourth-order valence-corrected chi connectivity index (χ4v) is 2.82. The van der Waals surface area contributed by atoms with Crippen LogP contribution in [0.3, 0.4) is 0 Å². The summed E-state index contributed by atoms with van der Waals surface area (Å²) >= 11 is 0. The maximum absolute atomic E-state index is 12.7. The van der Waals surface area contributed by atoms with E-state index in [2.05, 4.69) is 20.6 Å². The van der Waals surface area contributed by atoms with Crippen molar-refractivity contribution in [2.75, 3.05) is 11.9 Å². The fourth-order valence-electron chi connectivity index (χ4n) is 2.82. The van der Waals surface area contributed by atoms with Crippen molar-refractivity contribution in [3.63, 3.8) is 0 Å². The first-order valence-electron chi connectivity index (χ1n) is 7.92. The van der Waals surface area contributed by atoms with Crippen LogP contribution < -0.4 is 10.6 Å². The molecule has 3 heterocycles. The maximum atomic E-state index is 12.7. The third-order valence-electron chi connectivity index (χ3n) is 4.09. The minimum atomic E-state index is -4.43. The molecule has 3 rings (SSSR count). The van der Waals surface area contributed by atoms with Crippen molar-refractivity contribution < 1.29 is 18.0 Å². The minimum absolute atomic E-state index is 0.0546. The van der Waals surface area contributed by atoms with Crippen LogP contribution in [0.5, 0.6) is 0 Å². The van der Waals surface area contributed by atoms with Crippen LogP contribution in [-0.4, -0.2) is 27.1 Å². The Bertz CT molecular complexity index is 771. The molecule has 0 saturated carbocycles. The van der Waals surface area contributed by atoms with E-state index in [1.54, 1.807) is 12.3 Å². The van der Waals surface area contributed by atoms with Crippen molar-refractivity contribution in [1.82, 2.24) is 19.9 Å². The third-order valence-corrected chi connectivity index (χ3v) is 4.09. The summed E-state index contributed by atoms with van der Waals surface area (Å²) in [6.07, 6.45) is -0.650. The Labute approximate surface area is 142 Å². The summed E-state index contributed by atoms with van der Waals surface area (Å²) < 4.78 is 39.7. The smallest absolute Gasteiger partial charge is 0.337 e. The molecule has 0 saturated heterocycles. The highest BCUT2D eigenvalue weighted by Gasteiger charge is 2.35. The Morgan fingerprint density at radius 2 is 2.24 bits per heavy atom. The first kappa shape index (κ1) is 17.2. The number of rotatable bonds is 3. The molecule has 1 aliphatic rings. The highest BCUT2D eigenvalue weighted by molar-refractivity contribution is 5.88. The van der Waals surface area contributed by atoms with Crippen LogP contribution in [0.15, 0.2) is 24.5 Å². The zero-order valence-electron chi connectivity index (χ0n) is 13.6. The number of aryl methyl sites for hydroxylation is 2. The molecule has 9 heteroatoms. The van der Waals surface area contributed by atoms with E-state index in [1.807, 2.05) is 13.0 Å². The van der Waals surface area contributed by atoms with Gasteiger partial charge in [0.1, 0.15) is 11.6 Å². The van der Waals surface area contributed by atoms with Crippen molar-refractivity contribution >= 4 is 11.8 Å². The molecule has 0 bridgehead atoms. The first-order chi connectivity index (χ1) is 11.8. The van der Waals surface area contributed by atoms with Gasteiger partial charge in [0.05, 0.1) is 0 Å². The van der Waals surface area contributed by atoms with Crippen molar-refractivity contribution in [2.24, 2.45) is 5.92 Å². The summed E-state index contributed by atoms with van der Waals surface area (Å²) in [7, 11) is 0. The van der Waals surface area contributed by atoms with E-state index in [-0.39, 0.29) is 11.9 Å². The maximum Gasteiger partial charge on any atom is 0.434 e. The Morgan fingerprint density at radius 3 is 2.96 bits per heavy atom. The molecule has 2 amide bonds. The molecule has 0 unspecified atom stereocenters. The van der Waals surface area contributed by atoms with Crippen LogP contribution in [0.25, 0.3) is 0 Å². The second-order valence-electron chi connectivity index (χ2n) is 6.15. The number of urea groups is 1. The largest absolute Gasteiger partial charge is 0.434 e. The molecule has 2 aromatic heterocycles. The number of pyridine rings is 1. The van der Waals surface area contributed by atoms with E-state index in [1.165, 1.54) is 4.57 Å². The molecule has 1 atom stereocenters. The van der Waals surface area contributed by atoms with E-state index in [9.17, 15) is 18.0 Å². The third kappa shape index (κ3) is 4.28. The number of fused-ring (bicyclic) bond motifs is 1. The van der Waals surface area contributed by atoms with Gasteiger partial charge in [0.15, 0.2) is 5.69 Å². The van der Waals surface area contributed by atoms with E-state index in [0.29, 0.717) is 37.6 Å². The van der Waals surface area contributed by atoms with Gasteiger partial charge in [-0.2, -0.15) is 13.2 Å². The average molecular weight is 353 g/mol. The quantitative estimate of drug-likeness (QED) is 0.891. The lowest BCUT2D eigenvalue weighted by Crippen LogP contribution is -2.36. The van der Waals surface area contributed by atoms with E-state index in [0.717, 1.165) is 11.8 Å². The Morgan fingerprint density at radius 1 is 1.44 bits per heavy atom. The normalized spacial score (nSPS) is 17.0. The number of hydrogen-bond donors (Lipinski definition) is 2. The zero-order chi connectivity index (χ0) is 18.0. The van der Waals surface area contributed by atoms with E-state index >= 15 is 0 Å². The lowest BCUT2D eigenvalue weighted by atomic mass is 9.99. The van der Waals surface area contributed by atoms with Gasteiger partial charge in [0.2, 0.25) is 0 Å². The lowest BCUT2D eigenvalue weighted by molar-refractivity contribution is -0.141. The van der Waals surface area contributed by atoms with Crippen LogP contribution >= 0.6 is 0 Å². The lowest BCUT2D eigenvalue weighted by Gasteiger charge is -2.23. The number of alkyl halides is 3. The summed E-state index contributed by atoms with van der Waals surface area (Å²) in [6.45, 7) is 2.67. The highest BCUT2D eigenvalue weighted by atomic mass is 19.4. The summed E-state index contributed by atoms with van der Waals surface area (Å²) in [6, 6.07) is 3.19. The Balaban J connectivity index is 1.53. The SMILES string of the molecule is Cc1ccnc(NC(=O)NC[C@@H]2CCc3nc(C(F)(F)F)cn3C2)c1. The van der Waals surface area contributed by atoms with Crippen molar-refractivity contribution in [1.29, 1.82) is 0 Å². The molecule has 0 radical (unpaired) electrons. The minimum Gasteiger partial charge on any atom is -0.337 e. The van der Waals surface area contributed by atoms with Crippen molar-refractivity contribution in [2.45, 2.75) is 32.5 Å². The average Bonchev–Trinajstić information content (AvgIpc) is 2.96. The van der Waals surface area contributed by atoms with Crippen LogP contribution in [-0.2, 0) is 19.1 Å². The van der Waals surface area contributed by atoms with E-state index in [4.69, 9.17) is 0 Å². The summed E-state index contributed by atoms with van der Waals surface area (Å²) in [5, 5.41) is 5.38. The van der Waals surface area contributed by atoms with Gasteiger partial charge in [-0.15, -0.1) is 0 Å².